The number of nitrogens with zero attached hydrogens (tertiary/aromatic N) is 6. The molecule has 0 radical (unpaired) electrons. The van der Waals surface area contributed by atoms with Crippen LogP contribution in [0.4, 0.5) is 0 Å². The molecule has 2 aromatic heterocycles. The largest absolute Gasteiger partial charge is 0.342 e. The molecule has 4 aromatic rings. The average molecular weight is 471 g/mol. The molecule has 180 valence electrons. The topological polar surface area (TPSA) is 85.9 Å². The molecule has 1 saturated heterocycles. The maximum atomic E-state index is 13.0. The predicted molar refractivity (Wildman–Crippen MR) is 133 cm³/mol. The molecule has 1 atom stereocenters. The van der Waals surface area contributed by atoms with E-state index in [0.29, 0.717) is 12.5 Å². The number of carbonyl (C=O) groups excluding carboxylic acids is 2. The molecule has 2 aromatic carbocycles. The lowest BCUT2D eigenvalue weighted by Crippen LogP contribution is -2.41. The molecule has 35 heavy (non-hydrogen) atoms. The van der Waals surface area contributed by atoms with Gasteiger partial charge in [-0.25, -0.2) is 0 Å². The molecular formula is C27H30N6O2. The number of carbonyl (C=O) groups is 2. The fourth-order valence-corrected chi connectivity index (χ4v) is 4.96. The van der Waals surface area contributed by atoms with Crippen LogP contribution in [0.15, 0.2) is 60.9 Å². The molecule has 1 amide bonds. The molecule has 1 unspecified atom stereocenters. The molecule has 1 aliphatic rings. The number of benzene rings is 2. The van der Waals surface area contributed by atoms with Crippen LogP contribution in [-0.2, 0) is 17.8 Å². The van der Waals surface area contributed by atoms with Crippen molar-refractivity contribution in [3.05, 3.63) is 78.0 Å². The fraction of sp³-hybridized carbons (Fsp3) is 0.370. The van der Waals surface area contributed by atoms with E-state index >= 15 is 0 Å². The van der Waals surface area contributed by atoms with Gasteiger partial charge in [-0.2, -0.15) is 9.78 Å². The first-order valence-electron chi connectivity index (χ1n) is 12.2. The van der Waals surface area contributed by atoms with Crippen LogP contribution in [0.5, 0.6) is 0 Å². The van der Waals surface area contributed by atoms with E-state index in [1.54, 1.807) is 6.33 Å². The van der Waals surface area contributed by atoms with E-state index in [4.69, 9.17) is 0 Å². The number of aromatic nitrogens is 5. The summed E-state index contributed by atoms with van der Waals surface area (Å²) in [6.07, 6.45) is 4.92. The number of hydrogen-bond acceptors (Lipinski definition) is 5. The smallest absolute Gasteiger partial charge is 0.247 e. The van der Waals surface area contributed by atoms with E-state index in [0.717, 1.165) is 54.8 Å². The number of aryl methyl sites for hydroxylation is 1. The summed E-state index contributed by atoms with van der Waals surface area (Å²) in [4.78, 5) is 27.7. The zero-order valence-electron chi connectivity index (χ0n) is 20.0. The van der Waals surface area contributed by atoms with Crippen LogP contribution in [0.1, 0.15) is 47.6 Å². The second-order valence-corrected chi connectivity index (χ2v) is 9.32. The van der Waals surface area contributed by atoms with Gasteiger partial charge >= 0.3 is 0 Å². The van der Waals surface area contributed by atoms with Gasteiger partial charge in [0.05, 0.1) is 17.8 Å². The van der Waals surface area contributed by atoms with Crippen LogP contribution in [0.2, 0.25) is 0 Å². The lowest BCUT2D eigenvalue weighted by Gasteiger charge is -2.32. The van der Waals surface area contributed by atoms with Crippen molar-refractivity contribution in [1.82, 2.24) is 29.4 Å². The third-order valence-corrected chi connectivity index (χ3v) is 6.80. The summed E-state index contributed by atoms with van der Waals surface area (Å²) in [7, 11) is 0. The van der Waals surface area contributed by atoms with Crippen molar-refractivity contribution in [1.29, 1.82) is 0 Å². The van der Waals surface area contributed by atoms with Gasteiger partial charge in [-0.15, -0.1) is 10.2 Å². The van der Waals surface area contributed by atoms with Gasteiger partial charge in [0.25, 0.3) is 0 Å². The summed E-state index contributed by atoms with van der Waals surface area (Å²) in [6.45, 7) is 4.06. The minimum Gasteiger partial charge on any atom is -0.342 e. The van der Waals surface area contributed by atoms with Crippen molar-refractivity contribution >= 4 is 22.7 Å². The van der Waals surface area contributed by atoms with Gasteiger partial charge in [0.1, 0.15) is 12.2 Å². The van der Waals surface area contributed by atoms with E-state index in [1.165, 1.54) is 10.2 Å². The van der Waals surface area contributed by atoms with Crippen LogP contribution < -0.4 is 0 Å². The molecule has 0 bridgehead atoms. The maximum absolute atomic E-state index is 13.0. The van der Waals surface area contributed by atoms with Gasteiger partial charge in [0, 0.05) is 37.7 Å². The van der Waals surface area contributed by atoms with Gasteiger partial charge < -0.3 is 9.47 Å². The Hall–Kier alpha value is -3.81. The first-order chi connectivity index (χ1) is 17.1. The number of hydrogen-bond donors (Lipinski definition) is 0. The van der Waals surface area contributed by atoms with Crippen LogP contribution in [0, 0.1) is 12.8 Å². The molecule has 0 spiro atoms. The average Bonchev–Trinajstić information content (AvgIpc) is 3.47. The zero-order valence-corrected chi connectivity index (χ0v) is 20.0. The molecule has 1 fully saturated rings. The lowest BCUT2D eigenvalue weighted by atomic mass is 9.94. The van der Waals surface area contributed by atoms with Crippen LogP contribution in [0.3, 0.4) is 0 Å². The zero-order chi connectivity index (χ0) is 24.2. The molecular weight excluding hydrogens is 440 g/mol. The first-order valence-corrected chi connectivity index (χ1v) is 12.2. The van der Waals surface area contributed by atoms with Crippen molar-refractivity contribution in [2.45, 2.75) is 45.6 Å². The molecule has 8 nitrogen and oxygen atoms in total. The highest BCUT2D eigenvalue weighted by molar-refractivity contribution is 5.93. The number of amides is 1. The minimum absolute atomic E-state index is 0.0296. The Bertz CT molecular complexity index is 1330. The highest BCUT2D eigenvalue weighted by Gasteiger charge is 2.26. The molecule has 0 saturated carbocycles. The predicted octanol–water partition coefficient (Wildman–Crippen LogP) is 3.89. The van der Waals surface area contributed by atoms with Crippen molar-refractivity contribution < 1.29 is 9.59 Å². The molecule has 0 aliphatic carbocycles. The monoisotopic (exact) mass is 470 g/mol. The van der Waals surface area contributed by atoms with Gasteiger partial charge in [0.2, 0.25) is 11.8 Å². The third-order valence-electron chi connectivity index (χ3n) is 6.80. The highest BCUT2D eigenvalue weighted by Crippen LogP contribution is 2.22. The van der Waals surface area contributed by atoms with Gasteiger partial charge in [-0.1, -0.05) is 48.5 Å². The van der Waals surface area contributed by atoms with E-state index in [-0.39, 0.29) is 24.7 Å². The quantitative estimate of drug-likeness (QED) is 0.409. The van der Waals surface area contributed by atoms with E-state index in [1.807, 2.05) is 54.3 Å². The van der Waals surface area contributed by atoms with E-state index in [9.17, 15) is 9.59 Å². The Kier molecular flexibility index (Phi) is 6.70. The number of likely N-dealkylation sites (tertiary alicyclic amines) is 1. The first kappa shape index (κ1) is 23.0. The molecule has 8 heteroatoms. The summed E-state index contributed by atoms with van der Waals surface area (Å²) < 4.78 is 3.53. The van der Waals surface area contributed by atoms with Crippen LogP contribution >= 0.6 is 0 Å². The number of piperidine rings is 1. The molecule has 1 aliphatic heterocycles. The Morgan fingerprint density at radius 2 is 1.77 bits per heavy atom. The van der Waals surface area contributed by atoms with Crippen LogP contribution in [-0.4, -0.2) is 54.3 Å². The van der Waals surface area contributed by atoms with Crippen molar-refractivity contribution in [3.8, 4) is 0 Å². The number of fused-ring (bicyclic) bond motifs is 1. The summed E-state index contributed by atoms with van der Waals surface area (Å²) in [6, 6.07) is 17.9. The summed E-state index contributed by atoms with van der Waals surface area (Å²) >= 11 is 0. The fourth-order valence-electron chi connectivity index (χ4n) is 4.96. The minimum atomic E-state index is -0.148. The van der Waals surface area contributed by atoms with E-state index < -0.39 is 0 Å². The van der Waals surface area contributed by atoms with Crippen LogP contribution in [0.25, 0.3) is 10.9 Å². The van der Waals surface area contributed by atoms with Crippen molar-refractivity contribution in [3.63, 3.8) is 0 Å². The molecule has 0 N–H and O–H groups in total. The SMILES string of the molecule is Cc1nn(C(=O)CCC(=O)N2CCCC(Cc3nncn3Cc3ccccc3)C2)c2ccccc12. The standard InChI is InChI=1S/C27H30N6O2/c1-20-23-11-5-6-12-24(23)33(30-20)27(35)14-13-26(34)31-15-7-10-22(18-31)16-25-29-28-19-32(25)17-21-8-3-2-4-9-21/h2-6,8-9,11-12,19,22H,7,10,13-18H2,1H3. The number of rotatable bonds is 7. The molecule has 5 rings (SSSR count). The van der Waals surface area contributed by atoms with Crippen molar-refractivity contribution in [2.24, 2.45) is 5.92 Å². The Morgan fingerprint density at radius 3 is 2.63 bits per heavy atom. The third kappa shape index (κ3) is 5.16. The van der Waals surface area contributed by atoms with E-state index in [2.05, 4.69) is 32.0 Å². The highest BCUT2D eigenvalue weighted by atomic mass is 16.2. The molecule has 3 heterocycles. The second kappa shape index (κ2) is 10.2. The normalized spacial score (nSPS) is 16.0. The lowest BCUT2D eigenvalue weighted by molar-refractivity contribution is -0.133. The Morgan fingerprint density at radius 1 is 1.00 bits per heavy atom. The summed E-state index contributed by atoms with van der Waals surface area (Å²) in [5.41, 5.74) is 2.82. The van der Waals surface area contributed by atoms with Gasteiger partial charge in [-0.3, -0.25) is 9.59 Å². The summed E-state index contributed by atoms with van der Waals surface area (Å²) in [5.74, 6) is 1.16. The van der Waals surface area contributed by atoms with Gasteiger partial charge in [0.15, 0.2) is 0 Å². The van der Waals surface area contributed by atoms with Crippen molar-refractivity contribution in [2.75, 3.05) is 13.1 Å². The second-order valence-electron chi connectivity index (χ2n) is 9.32. The van der Waals surface area contributed by atoms with Gasteiger partial charge in [-0.05, 0) is 37.3 Å². The summed E-state index contributed by atoms with van der Waals surface area (Å²) in [5, 5.41) is 13.8. The Balaban J connectivity index is 1.17. The number of para-hydroxylation sites is 1. The Labute approximate surface area is 204 Å². The maximum Gasteiger partial charge on any atom is 0.247 e.